The molecule has 0 fully saturated rings. The molecule has 0 radical (unpaired) electrons. The third-order valence-corrected chi connectivity index (χ3v) is 3.16. The zero-order chi connectivity index (χ0) is 11.3. The van der Waals surface area contributed by atoms with Crippen LogP contribution in [0.1, 0.15) is 32.9 Å². The highest BCUT2D eigenvalue weighted by Crippen LogP contribution is 2.12. The van der Waals surface area contributed by atoms with E-state index in [1.54, 1.807) is 0 Å². The van der Waals surface area contributed by atoms with Crippen LogP contribution in [0.5, 0.6) is 0 Å². The summed E-state index contributed by atoms with van der Waals surface area (Å²) in [7, 11) is 2.01. The highest BCUT2D eigenvalue weighted by Gasteiger charge is 2.11. The zero-order valence-corrected chi connectivity index (χ0v) is 10.3. The molecule has 1 aromatic rings. The lowest BCUT2D eigenvalue weighted by molar-refractivity contribution is 0.383. The smallest absolute Gasteiger partial charge is 0.0492 e. The first kappa shape index (κ1) is 12.2. The maximum absolute atomic E-state index is 4.18. The van der Waals surface area contributed by atoms with Crippen LogP contribution in [0.2, 0.25) is 0 Å². The Hall–Kier alpha value is -0.830. The summed E-state index contributed by atoms with van der Waals surface area (Å²) in [6.45, 7) is 7.78. The Morgan fingerprint density at radius 2 is 2.20 bits per heavy atom. The van der Waals surface area contributed by atoms with Crippen LogP contribution in [0.3, 0.4) is 0 Å². The van der Waals surface area contributed by atoms with Gasteiger partial charge in [-0.25, -0.2) is 0 Å². The van der Waals surface area contributed by atoms with Crippen molar-refractivity contribution in [1.29, 1.82) is 0 Å². The van der Waals surface area contributed by atoms with E-state index in [1.165, 1.54) is 12.1 Å². The summed E-state index contributed by atoms with van der Waals surface area (Å²) in [4.78, 5) is 0. The fourth-order valence-corrected chi connectivity index (χ4v) is 1.80. The first-order chi connectivity index (χ1) is 7.15. The Balaban J connectivity index is 2.34. The quantitative estimate of drug-likeness (QED) is 0.776. The maximum Gasteiger partial charge on any atom is 0.0492 e. The predicted molar refractivity (Wildman–Crippen MR) is 63.8 cm³/mol. The van der Waals surface area contributed by atoms with Crippen molar-refractivity contribution in [2.45, 2.75) is 39.7 Å². The fraction of sp³-hybridized carbons (Fsp3) is 0.750. The second-order valence-electron chi connectivity index (χ2n) is 4.31. The molecule has 1 rings (SSSR count). The van der Waals surface area contributed by atoms with Crippen LogP contribution in [0.25, 0.3) is 0 Å². The summed E-state index contributed by atoms with van der Waals surface area (Å²) in [6.07, 6.45) is 4.20. The lowest BCUT2D eigenvalue weighted by Gasteiger charge is -2.20. The predicted octanol–water partition coefficient (Wildman–Crippen LogP) is 1.99. The third-order valence-electron chi connectivity index (χ3n) is 3.16. The van der Waals surface area contributed by atoms with Crippen LogP contribution >= 0.6 is 0 Å². The Bertz CT molecular complexity index is 280. The average molecular weight is 209 g/mol. The van der Waals surface area contributed by atoms with Crippen LogP contribution in [-0.4, -0.2) is 22.4 Å². The van der Waals surface area contributed by atoms with Crippen LogP contribution in [0.4, 0.5) is 0 Å². The van der Waals surface area contributed by atoms with Crippen LogP contribution in [0.15, 0.2) is 12.3 Å². The molecule has 3 nitrogen and oxygen atoms in total. The molecule has 0 spiro atoms. The van der Waals surface area contributed by atoms with E-state index in [2.05, 4.69) is 37.3 Å². The van der Waals surface area contributed by atoms with Gasteiger partial charge in [0.25, 0.3) is 0 Å². The van der Waals surface area contributed by atoms with Crippen molar-refractivity contribution in [2.75, 3.05) is 6.54 Å². The number of hydrogen-bond acceptors (Lipinski definition) is 2. The molecule has 0 aliphatic carbocycles. The largest absolute Gasteiger partial charge is 0.314 e. The van der Waals surface area contributed by atoms with Crippen molar-refractivity contribution in [3.8, 4) is 0 Å². The standard InChI is InChI=1S/C12H23N3/c1-5-13-11(3)10(2)6-7-12-8-9-14-15(12)4/h8-11,13H,5-7H2,1-4H3. The van der Waals surface area contributed by atoms with E-state index >= 15 is 0 Å². The number of hydrogen-bond donors (Lipinski definition) is 1. The van der Waals surface area contributed by atoms with Gasteiger partial charge in [-0.05, 0) is 38.3 Å². The lowest BCUT2D eigenvalue weighted by Crippen LogP contribution is -2.32. The second-order valence-corrected chi connectivity index (χ2v) is 4.31. The average Bonchev–Trinajstić information content (AvgIpc) is 2.61. The van der Waals surface area contributed by atoms with Gasteiger partial charge in [0.15, 0.2) is 0 Å². The summed E-state index contributed by atoms with van der Waals surface area (Å²) < 4.78 is 1.96. The lowest BCUT2D eigenvalue weighted by atomic mass is 9.97. The Labute approximate surface area is 92.9 Å². The van der Waals surface area contributed by atoms with Crippen molar-refractivity contribution < 1.29 is 0 Å². The van der Waals surface area contributed by atoms with Gasteiger partial charge in [0, 0.05) is 25.0 Å². The number of nitrogens with zero attached hydrogens (tertiary/aromatic N) is 2. The van der Waals surface area contributed by atoms with Gasteiger partial charge in [-0.2, -0.15) is 5.10 Å². The van der Waals surface area contributed by atoms with E-state index in [9.17, 15) is 0 Å². The molecule has 3 heteroatoms. The van der Waals surface area contributed by atoms with Crippen molar-refractivity contribution >= 4 is 0 Å². The molecular formula is C12H23N3. The first-order valence-corrected chi connectivity index (χ1v) is 5.85. The minimum Gasteiger partial charge on any atom is -0.314 e. The topological polar surface area (TPSA) is 29.9 Å². The summed E-state index contributed by atoms with van der Waals surface area (Å²) in [5.74, 6) is 0.708. The monoisotopic (exact) mass is 209 g/mol. The fourth-order valence-electron chi connectivity index (χ4n) is 1.80. The van der Waals surface area contributed by atoms with Crippen molar-refractivity contribution in [1.82, 2.24) is 15.1 Å². The van der Waals surface area contributed by atoms with Gasteiger partial charge in [0.05, 0.1) is 0 Å². The van der Waals surface area contributed by atoms with Gasteiger partial charge in [0.1, 0.15) is 0 Å². The van der Waals surface area contributed by atoms with E-state index in [-0.39, 0.29) is 0 Å². The van der Waals surface area contributed by atoms with Gasteiger partial charge < -0.3 is 5.32 Å². The second kappa shape index (κ2) is 5.91. The van der Waals surface area contributed by atoms with Gasteiger partial charge >= 0.3 is 0 Å². The van der Waals surface area contributed by atoms with E-state index in [0.29, 0.717) is 12.0 Å². The Morgan fingerprint density at radius 3 is 2.73 bits per heavy atom. The molecule has 0 aliphatic heterocycles. The minimum absolute atomic E-state index is 0.600. The molecule has 1 heterocycles. The molecule has 2 unspecified atom stereocenters. The Kier molecular flexibility index (Phi) is 4.82. The van der Waals surface area contributed by atoms with Gasteiger partial charge in [0.2, 0.25) is 0 Å². The van der Waals surface area contributed by atoms with Crippen LogP contribution in [-0.2, 0) is 13.5 Å². The molecule has 0 bridgehead atoms. The van der Waals surface area contributed by atoms with Gasteiger partial charge in [-0.15, -0.1) is 0 Å². The van der Waals surface area contributed by atoms with Gasteiger partial charge in [-0.1, -0.05) is 13.8 Å². The molecule has 0 aliphatic rings. The summed E-state index contributed by atoms with van der Waals surface area (Å²) >= 11 is 0. The maximum atomic E-state index is 4.18. The summed E-state index contributed by atoms with van der Waals surface area (Å²) in [5.41, 5.74) is 1.32. The molecule has 0 saturated carbocycles. The minimum atomic E-state index is 0.600. The highest BCUT2D eigenvalue weighted by molar-refractivity contribution is 5.00. The van der Waals surface area contributed by atoms with E-state index < -0.39 is 0 Å². The summed E-state index contributed by atoms with van der Waals surface area (Å²) in [5, 5.41) is 7.64. The number of aromatic nitrogens is 2. The zero-order valence-electron chi connectivity index (χ0n) is 10.3. The molecule has 0 amide bonds. The first-order valence-electron chi connectivity index (χ1n) is 5.85. The molecule has 1 aromatic heterocycles. The van der Waals surface area contributed by atoms with Crippen LogP contribution in [0, 0.1) is 5.92 Å². The van der Waals surface area contributed by atoms with Crippen molar-refractivity contribution in [3.05, 3.63) is 18.0 Å². The summed E-state index contributed by atoms with van der Waals surface area (Å²) in [6, 6.07) is 2.70. The molecule has 0 aromatic carbocycles. The number of nitrogens with one attached hydrogen (secondary N) is 1. The Morgan fingerprint density at radius 1 is 1.47 bits per heavy atom. The third kappa shape index (κ3) is 3.67. The normalized spacial score (nSPS) is 15.2. The van der Waals surface area contributed by atoms with E-state index in [4.69, 9.17) is 0 Å². The van der Waals surface area contributed by atoms with Crippen LogP contribution < -0.4 is 5.32 Å². The van der Waals surface area contributed by atoms with E-state index in [1.807, 2.05) is 17.9 Å². The molecule has 0 saturated heterocycles. The molecular weight excluding hydrogens is 186 g/mol. The van der Waals surface area contributed by atoms with Gasteiger partial charge in [-0.3, -0.25) is 4.68 Å². The molecule has 15 heavy (non-hydrogen) atoms. The highest BCUT2D eigenvalue weighted by atomic mass is 15.2. The van der Waals surface area contributed by atoms with Crippen molar-refractivity contribution in [3.63, 3.8) is 0 Å². The molecule has 1 N–H and O–H groups in total. The van der Waals surface area contributed by atoms with Crippen molar-refractivity contribution in [2.24, 2.45) is 13.0 Å². The molecule has 86 valence electrons. The number of rotatable bonds is 6. The molecule has 2 atom stereocenters. The SMILES string of the molecule is CCNC(C)C(C)CCc1ccnn1C. The van der Waals surface area contributed by atoms with E-state index in [0.717, 1.165) is 13.0 Å². The number of aryl methyl sites for hydroxylation is 2.